The number of carbonyl (C=O) groups is 2. The van der Waals surface area contributed by atoms with Gasteiger partial charge in [-0.2, -0.15) is 0 Å². The third-order valence-corrected chi connectivity index (χ3v) is 5.30. The molecule has 1 aliphatic rings. The lowest BCUT2D eigenvalue weighted by atomic mass is 10.0. The van der Waals surface area contributed by atoms with Gasteiger partial charge >= 0.3 is 0 Å². The molecule has 2 amide bonds. The molecule has 9 heteroatoms. The van der Waals surface area contributed by atoms with Gasteiger partial charge in [-0.1, -0.05) is 19.0 Å². The Hall–Kier alpha value is -3.59. The molecule has 3 aromatic rings. The van der Waals surface area contributed by atoms with E-state index in [9.17, 15) is 9.59 Å². The fraction of sp³-hybridized carbons (Fsp3) is 0.348. The van der Waals surface area contributed by atoms with E-state index in [4.69, 9.17) is 15.0 Å². The summed E-state index contributed by atoms with van der Waals surface area (Å²) in [4.78, 5) is 26.8. The summed E-state index contributed by atoms with van der Waals surface area (Å²) in [6.07, 6.45) is 0.642. The van der Waals surface area contributed by atoms with Crippen LogP contribution >= 0.6 is 0 Å². The summed E-state index contributed by atoms with van der Waals surface area (Å²) in [6, 6.07) is 12.3. The zero-order valence-electron chi connectivity index (χ0n) is 18.1. The second kappa shape index (κ2) is 9.27. The highest BCUT2D eigenvalue weighted by Crippen LogP contribution is 2.25. The van der Waals surface area contributed by atoms with Crippen LogP contribution in [-0.4, -0.2) is 42.8 Å². The molecule has 4 rings (SSSR count). The van der Waals surface area contributed by atoms with Crippen molar-refractivity contribution < 1.29 is 18.8 Å². The Labute approximate surface area is 185 Å². The summed E-state index contributed by atoms with van der Waals surface area (Å²) < 4.78 is 10.2. The van der Waals surface area contributed by atoms with Crippen molar-refractivity contribution in [2.45, 2.75) is 26.3 Å². The van der Waals surface area contributed by atoms with Crippen LogP contribution in [0.25, 0.3) is 10.9 Å². The van der Waals surface area contributed by atoms with E-state index in [0.29, 0.717) is 42.1 Å². The van der Waals surface area contributed by atoms with Gasteiger partial charge in [-0.05, 0) is 54.8 Å². The number of nitrogens with one attached hydrogen (secondary N) is 2. The van der Waals surface area contributed by atoms with Gasteiger partial charge in [-0.15, -0.1) is 0 Å². The minimum absolute atomic E-state index is 0.0698. The molecule has 4 N–H and O–H groups in total. The number of amides is 2. The number of morpholine rings is 1. The van der Waals surface area contributed by atoms with Gasteiger partial charge in [-0.3, -0.25) is 9.59 Å². The molecule has 1 fully saturated rings. The maximum atomic E-state index is 13.1. The zero-order valence-corrected chi connectivity index (χ0v) is 18.1. The molecule has 32 heavy (non-hydrogen) atoms. The van der Waals surface area contributed by atoms with Gasteiger partial charge < -0.3 is 30.5 Å². The molecule has 168 valence electrons. The molecule has 0 bridgehead atoms. The number of hydrogen-bond acceptors (Lipinski definition) is 7. The van der Waals surface area contributed by atoms with Gasteiger partial charge in [0.15, 0.2) is 0 Å². The second-order valence-corrected chi connectivity index (χ2v) is 8.24. The van der Waals surface area contributed by atoms with E-state index in [-0.39, 0.29) is 24.3 Å². The molecule has 0 saturated carbocycles. The highest BCUT2D eigenvalue weighted by Gasteiger charge is 2.22. The monoisotopic (exact) mass is 437 g/mol. The van der Waals surface area contributed by atoms with Gasteiger partial charge in [0.1, 0.15) is 18.2 Å². The normalized spacial score (nSPS) is 15.2. The van der Waals surface area contributed by atoms with Crippen molar-refractivity contribution in [3.8, 4) is 0 Å². The first-order valence-corrected chi connectivity index (χ1v) is 10.6. The quantitative estimate of drug-likeness (QED) is 0.518. The molecule has 1 atom stereocenters. The SMILES string of the molecule is CC(C)CC(Nc1ccc2noc(N)c2c1)C(=O)Nc1ccc(N2CCOCC2=O)cc1. The van der Waals surface area contributed by atoms with Crippen molar-refractivity contribution in [1.29, 1.82) is 0 Å². The summed E-state index contributed by atoms with van der Waals surface area (Å²) in [6.45, 7) is 5.26. The molecule has 1 aliphatic heterocycles. The van der Waals surface area contributed by atoms with Gasteiger partial charge in [0.2, 0.25) is 11.8 Å². The maximum Gasteiger partial charge on any atom is 0.253 e. The van der Waals surface area contributed by atoms with Crippen LogP contribution in [0.5, 0.6) is 0 Å². The van der Waals surface area contributed by atoms with Crippen molar-refractivity contribution in [3.05, 3.63) is 42.5 Å². The van der Waals surface area contributed by atoms with Crippen LogP contribution < -0.4 is 21.3 Å². The first-order valence-electron chi connectivity index (χ1n) is 10.6. The minimum atomic E-state index is -0.450. The van der Waals surface area contributed by atoms with Crippen LogP contribution in [0.1, 0.15) is 20.3 Å². The van der Waals surface area contributed by atoms with Gasteiger partial charge in [0.05, 0.1) is 12.0 Å². The third-order valence-electron chi connectivity index (χ3n) is 5.30. The smallest absolute Gasteiger partial charge is 0.253 e. The van der Waals surface area contributed by atoms with Crippen LogP contribution in [0.3, 0.4) is 0 Å². The molecule has 0 aliphatic carbocycles. The fourth-order valence-corrected chi connectivity index (χ4v) is 3.70. The Morgan fingerprint density at radius 2 is 1.94 bits per heavy atom. The number of benzene rings is 2. The lowest BCUT2D eigenvalue weighted by molar-refractivity contribution is -0.125. The number of nitrogen functional groups attached to an aromatic ring is 1. The maximum absolute atomic E-state index is 13.1. The number of nitrogens with zero attached hydrogens (tertiary/aromatic N) is 2. The molecule has 0 radical (unpaired) electrons. The van der Waals surface area contributed by atoms with Crippen LogP contribution in [0.4, 0.5) is 22.9 Å². The number of aromatic nitrogens is 1. The Kier molecular flexibility index (Phi) is 6.27. The zero-order chi connectivity index (χ0) is 22.7. The molecule has 1 aromatic heterocycles. The van der Waals surface area contributed by atoms with E-state index in [1.54, 1.807) is 23.1 Å². The predicted molar refractivity (Wildman–Crippen MR) is 124 cm³/mol. The Morgan fingerprint density at radius 3 is 2.66 bits per heavy atom. The minimum Gasteiger partial charge on any atom is -0.374 e. The number of carbonyl (C=O) groups excluding carboxylic acids is 2. The van der Waals surface area contributed by atoms with E-state index in [0.717, 1.165) is 11.4 Å². The summed E-state index contributed by atoms with van der Waals surface area (Å²) in [5, 5.41) is 10.9. The largest absolute Gasteiger partial charge is 0.374 e. The average molecular weight is 438 g/mol. The Balaban J connectivity index is 1.46. The molecule has 2 aromatic carbocycles. The number of anilines is 4. The molecular formula is C23H27N5O4. The number of ether oxygens (including phenoxy) is 1. The Bertz CT molecular complexity index is 1110. The first kappa shape index (κ1) is 21.6. The molecule has 9 nitrogen and oxygen atoms in total. The Morgan fingerprint density at radius 1 is 1.19 bits per heavy atom. The molecule has 2 heterocycles. The number of nitrogens with two attached hydrogens (primary N) is 1. The predicted octanol–water partition coefficient (Wildman–Crippen LogP) is 3.24. The first-order chi connectivity index (χ1) is 15.4. The lowest BCUT2D eigenvalue weighted by Crippen LogP contribution is -2.41. The summed E-state index contributed by atoms with van der Waals surface area (Å²) in [7, 11) is 0. The van der Waals surface area contributed by atoms with E-state index in [2.05, 4.69) is 29.6 Å². The van der Waals surface area contributed by atoms with Crippen molar-refractivity contribution >= 4 is 45.7 Å². The van der Waals surface area contributed by atoms with Crippen LogP contribution in [0, 0.1) is 5.92 Å². The fourth-order valence-electron chi connectivity index (χ4n) is 3.70. The molecule has 1 saturated heterocycles. The van der Waals surface area contributed by atoms with E-state index < -0.39 is 6.04 Å². The average Bonchev–Trinajstić information content (AvgIpc) is 3.14. The summed E-state index contributed by atoms with van der Waals surface area (Å²) >= 11 is 0. The van der Waals surface area contributed by atoms with Gasteiger partial charge in [-0.25, -0.2) is 0 Å². The van der Waals surface area contributed by atoms with E-state index >= 15 is 0 Å². The van der Waals surface area contributed by atoms with Crippen molar-refractivity contribution in [2.24, 2.45) is 5.92 Å². The van der Waals surface area contributed by atoms with Crippen LogP contribution in [0.15, 0.2) is 47.0 Å². The summed E-state index contributed by atoms with van der Waals surface area (Å²) in [5.41, 5.74) is 8.69. The highest BCUT2D eigenvalue weighted by atomic mass is 16.5. The highest BCUT2D eigenvalue weighted by molar-refractivity contribution is 5.98. The van der Waals surface area contributed by atoms with Gasteiger partial charge in [0, 0.05) is 23.6 Å². The molecular weight excluding hydrogens is 410 g/mol. The van der Waals surface area contributed by atoms with Crippen molar-refractivity contribution in [1.82, 2.24) is 5.16 Å². The van der Waals surface area contributed by atoms with E-state index in [1.807, 2.05) is 24.3 Å². The third kappa shape index (κ3) is 4.83. The molecule has 1 unspecified atom stereocenters. The van der Waals surface area contributed by atoms with E-state index in [1.165, 1.54) is 0 Å². The summed E-state index contributed by atoms with van der Waals surface area (Å²) in [5.74, 6) is 0.330. The van der Waals surface area contributed by atoms with Crippen molar-refractivity contribution in [3.63, 3.8) is 0 Å². The lowest BCUT2D eigenvalue weighted by Gasteiger charge is -2.27. The number of fused-ring (bicyclic) bond motifs is 1. The molecule has 0 spiro atoms. The second-order valence-electron chi connectivity index (χ2n) is 8.24. The number of rotatable bonds is 7. The number of hydrogen-bond donors (Lipinski definition) is 3. The van der Waals surface area contributed by atoms with Crippen molar-refractivity contribution in [2.75, 3.05) is 41.0 Å². The van der Waals surface area contributed by atoms with Crippen LogP contribution in [0.2, 0.25) is 0 Å². The standard InChI is InChI=1S/C23H27N5O4/c1-14(2)11-20(25-16-5-8-19-18(12-16)22(24)32-27-19)23(30)26-15-3-6-17(7-4-15)28-9-10-31-13-21(28)29/h3-8,12,14,20,25H,9-11,13,24H2,1-2H3,(H,26,30). The van der Waals surface area contributed by atoms with Gasteiger partial charge in [0.25, 0.3) is 5.91 Å². The topological polar surface area (TPSA) is 123 Å². The van der Waals surface area contributed by atoms with Crippen LogP contribution in [-0.2, 0) is 14.3 Å².